The van der Waals surface area contributed by atoms with E-state index >= 15 is 0 Å². The lowest BCUT2D eigenvalue weighted by Gasteiger charge is -2.23. The predicted molar refractivity (Wildman–Crippen MR) is 44.9 cm³/mol. The van der Waals surface area contributed by atoms with Crippen LogP contribution in [0.4, 0.5) is 0 Å². The molecule has 0 radical (unpaired) electrons. The van der Waals surface area contributed by atoms with Gasteiger partial charge in [0.1, 0.15) is 0 Å². The van der Waals surface area contributed by atoms with E-state index in [0.717, 1.165) is 25.7 Å². The maximum atomic E-state index is 10.9. The lowest BCUT2D eigenvalue weighted by molar-refractivity contribution is 0.429. The molecule has 0 amide bonds. The zero-order valence-corrected chi connectivity index (χ0v) is 7.87. The summed E-state index contributed by atoms with van der Waals surface area (Å²) in [5.41, 5.74) is -0.159. The summed E-state index contributed by atoms with van der Waals surface area (Å²) < 4.78 is 24.4. The Bertz CT molecular complexity index is 227. The van der Waals surface area contributed by atoms with Crippen molar-refractivity contribution in [3.8, 4) is 0 Å². The summed E-state index contributed by atoms with van der Waals surface area (Å²) in [6.07, 6.45) is 5.44. The number of rotatable bonds is 2. The largest absolute Gasteiger partial charge is 0.213 e. The van der Waals surface area contributed by atoms with Gasteiger partial charge in [0, 0.05) is 5.54 Å². The zero-order valence-electron chi connectivity index (χ0n) is 7.05. The highest BCUT2D eigenvalue weighted by molar-refractivity contribution is 7.88. The van der Waals surface area contributed by atoms with Gasteiger partial charge in [-0.15, -0.1) is 0 Å². The molecular weight excluding hydrogens is 162 g/mol. The van der Waals surface area contributed by atoms with E-state index in [2.05, 4.69) is 4.72 Å². The molecule has 1 fully saturated rings. The Kier molecular flexibility index (Phi) is 2.25. The van der Waals surface area contributed by atoms with Crippen molar-refractivity contribution in [3.05, 3.63) is 0 Å². The molecule has 0 bridgehead atoms. The first-order valence-corrected chi connectivity index (χ1v) is 5.79. The van der Waals surface area contributed by atoms with E-state index in [-0.39, 0.29) is 5.54 Å². The number of hydrogen-bond acceptors (Lipinski definition) is 2. The van der Waals surface area contributed by atoms with Crippen LogP contribution in [0.2, 0.25) is 0 Å². The van der Waals surface area contributed by atoms with Crippen LogP contribution in [0.15, 0.2) is 0 Å². The Morgan fingerprint density at radius 1 is 1.27 bits per heavy atom. The van der Waals surface area contributed by atoms with Gasteiger partial charge in [0.25, 0.3) is 0 Å². The molecule has 1 rings (SSSR count). The first-order valence-electron chi connectivity index (χ1n) is 3.90. The third-order valence-corrected chi connectivity index (χ3v) is 3.00. The first-order chi connectivity index (χ1) is 4.91. The predicted octanol–water partition coefficient (Wildman–Crippen LogP) is 0.868. The van der Waals surface area contributed by atoms with Gasteiger partial charge in [0.2, 0.25) is 10.0 Å². The van der Waals surface area contributed by atoms with Crippen molar-refractivity contribution in [1.82, 2.24) is 4.72 Å². The Morgan fingerprint density at radius 3 is 2.09 bits per heavy atom. The summed E-state index contributed by atoms with van der Waals surface area (Å²) in [7, 11) is -3.02. The molecule has 66 valence electrons. The van der Waals surface area contributed by atoms with E-state index in [1.165, 1.54) is 6.26 Å². The molecule has 1 saturated carbocycles. The Balaban J connectivity index is 2.60. The third kappa shape index (κ3) is 2.79. The van der Waals surface area contributed by atoms with Crippen LogP contribution in [-0.4, -0.2) is 20.2 Å². The summed E-state index contributed by atoms with van der Waals surface area (Å²) in [5, 5.41) is 0. The van der Waals surface area contributed by atoms with Gasteiger partial charge in [-0.25, -0.2) is 13.1 Å². The highest BCUT2D eigenvalue weighted by atomic mass is 32.2. The summed E-state index contributed by atoms with van der Waals surface area (Å²) in [6.45, 7) is 1.97. The van der Waals surface area contributed by atoms with Gasteiger partial charge >= 0.3 is 0 Å². The molecule has 1 aliphatic rings. The fraction of sp³-hybridized carbons (Fsp3) is 1.00. The molecule has 0 heterocycles. The highest BCUT2D eigenvalue weighted by Crippen LogP contribution is 2.29. The van der Waals surface area contributed by atoms with Gasteiger partial charge in [0.05, 0.1) is 6.26 Å². The van der Waals surface area contributed by atoms with E-state index in [1.807, 2.05) is 6.92 Å². The quantitative estimate of drug-likeness (QED) is 0.680. The second-order valence-electron chi connectivity index (χ2n) is 3.64. The molecule has 0 atom stereocenters. The van der Waals surface area contributed by atoms with Crippen LogP contribution in [0.25, 0.3) is 0 Å². The van der Waals surface area contributed by atoms with Crippen LogP contribution in [0.1, 0.15) is 32.6 Å². The van der Waals surface area contributed by atoms with Crippen LogP contribution < -0.4 is 4.72 Å². The molecule has 0 saturated heterocycles. The van der Waals surface area contributed by atoms with E-state index in [4.69, 9.17) is 0 Å². The van der Waals surface area contributed by atoms with Crippen molar-refractivity contribution < 1.29 is 8.42 Å². The van der Waals surface area contributed by atoms with Gasteiger partial charge in [-0.1, -0.05) is 12.8 Å². The number of sulfonamides is 1. The van der Waals surface area contributed by atoms with Crippen LogP contribution >= 0.6 is 0 Å². The second kappa shape index (κ2) is 2.75. The summed E-state index contributed by atoms with van der Waals surface area (Å²) >= 11 is 0. The topological polar surface area (TPSA) is 46.2 Å². The zero-order chi connectivity index (χ0) is 8.54. The number of nitrogens with one attached hydrogen (secondary N) is 1. The smallest absolute Gasteiger partial charge is 0.209 e. The van der Waals surface area contributed by atoms with Crippen LogP contribution in [0, 0.1) is 0 Å². The van der Waals surface area contributed by atoms with Crippen molar-refractivity contribution in [2.24, 2.45) is 0 Å². The standard InChI is InChI=1S/C7H15NO2S/c1-7(5-3-4-6-7)8-11(2,9)10/h8H,3-6H2,1-2H3. The van der Waals surface area contributed by atoms with E-state index < -0.39 is 10.0 Å². The maximum Gasteiger partial charge on any atom is 0.209 e. The molecule has 0 spiro atoms. The molecule has 4 heteroatoms. The molecule has 0 aliphatic heterocycles. The highest BCUT2D eigenvalue weighted by Gasteiger charge is 2.30. The number of hydrogen-bond donors (Lipinski definition) is 1. The molecule has 0 aromatic heterocycles. The molecule has 0 unspecified atom stereocenters. The van der Waals surface area contributed by atoms with Gasteiger partial charge < -0.3 is 0 Å². The van der Waals surface area contributed by atoms with Gasteiger partial charge in [-0.2, -0.15) is 0 Å². The van der Waals surface area contributed by atoms with E-state index in [0.29, 0.717) is 0 Å². The van der Waals surface area contributed by atoms with Crippen LogP contribution in [-0.2, 0) is 10.0 Å². The van der Waals surface area contributed by atoms with Crippen molar-refractivity contribution in [2.45, 2.75) is 38.1 Å². The fourth-order valence-electron chi connectivity index (χ4n) is 1.70. The fourth-order valence-corrected chi connectivity index (χ4v) is 2.80. The molecule has 3 nitrogen and oxygen atoms in total. The minimum absolute atomic E-state index is 0.159. The van der Waals surface area contributed by atoms with E-state index in [9.17, 15) is 8.42 Å². The van der Waals surface area contributed by atoms with Gasteiger partial charge in [-0.05, 0) is 19.8 Å². The Labute approximate surface area is 68.2 Å². The summed E-state index contributed by atoms with van der Waals surface area (Å²) in [6, 6.07) is 0. The van der Waals surface area contributed by atoms with Gasteiger partial charge in [0.15, 0.2) is 0 Å². The maximum absolute atomic E-state index is 10.9. The third-order valence-electron chi connectivity index (χ3n) is 2.14. The molecular formula is C7H15NO2S. The minimum Gasteiger partial charge on any atom is -0.213 e. The van der Waals surface area contributed by atoms with Crippen molar-refractivity contribution >= 4 is 10.0 Å². The average molecular weight is 177 g/mol. The van der Waals surface area contributed by atoms with Crippen molar-refractivity contribution in [3.63, 3.8) is 0 Å². The molecule has 1 aliphatic carbocycles. The van der Waals surface area contributed by atoms with Crippen LogP contribution in [0.5, 0.6) is 0 Å². The summed E-state index contributed by atoms with van der Waals surface area (Å²) in [4.78, 5) is 0. The lowest BCUT2D eigenvalue weighted by Crippen LogP contribution is -2.42. The summed E-state index contributed by atoms with van der Waals surface area (Å²) in [5.74, 6) is 0. The lowest BCUT2D eigenvalue weighted by atomic mass is 10.0. The normalized spacial score (nSPS) is 23.8. The monoisotopic (exact) mass is 177 g/mol. The van der Waals surface area contributed by atoms with Crippen molar-refractivity contribution in [2.75, 3.05) is 6.26 Å². The second-order valence-corrected chi connectivity index (χ2v) is 5.39. The molecule has 0 aromatic carbocycles. The Morgan fingerprint density at radius 2 is 1.73 bits per heavy atom. The first kappa shape index (κ1) is 9.00. The van der Waals surface area contributed by atoms with Gasteiger partial charge in [-0.3, -0.25) is 0 Å². The molecule has 11 heavy (non-hydrogen) atoms. The van der Waals surface area contributed by atoms with Crippen molar-refractivity contribution in [1.29, 1.82) is 0 Å². The molecule has 0 aromatic rings. The Hall–Kier alpha value is -0.0900. The molecule has 1 N–H and O–H groups in total. The van der Waals surface area contributed by atoms with Crippen LogP contribution in [0.3, 0.4) is 0 Å². The van der Waals surface area contributed by atoms with E-state index in [1.54, 1.807) is 0 Å². The SMILES string of the molecule is CC1(NS(C)(=O)=O)CCCC1. The minimum atomic E-state index is -3.02. The average Bonchev–Trinajstić information content (AvgIpc) is 2.09.